The Morgan fingerprint density at radius 3 is 2.11 bits per heavy atom. The maximum Gasteiger partial charge on any atom is 0.251 e. The van der Waals surface area contributed by atoms with Gasteiger partial charge in [-0.25, -0.2) is 0 Å². The minimum Gasteiger partial charge on any atom is -0.495 e. The van der Waals surface area contributed by atoms with Crippen molar-refractivity contribution in [2.24, 2.45) is 0 Å². The maximum absolute atomic E-state index is 12.2. The van der Waals surface area contributed by atoms with Gasteiger partial charge in [-0.15, -0.1) is 0 Å². The number of benzene rings is 1. The van der Waals surface area contributed by atoms with Gasteiger partial charge in [0.25, 0.3) is 5.91 Å². The molecule has 0 radical (unpaired) electrons. The first-order valence-electron chi connectivity index (χ1n) is 6.08. The van der Waals surface area contributed by atoms with Gasteiger partial charge in [0.15, 0.2) is 0 Å². The molecule has 0 aromatic heterocycles. The third-order valence-corrected chi connectivity index (χ3v) is 3.83. The Hall–Kier alpha value is -1.23. The summed E-state index contributed by atoms with van der Waals surface area (Å²) >= 11 is 3.38. The van der Waals surface area contributed by atoms with Gasteiger partial charge in [0.2, 0.25) is 0 Å². The molecule has 0 saturated heterocycles. The van der Waals surface area contributed by atoms with Crippen molar-refractivity contribution in [3.05, 3.63) is 22.2 Å². The van der Waals surface area contributed by atoms with Crippen molar-refractivity contribution in [2.45, 2.75) is 32.7 Å². The number of hydrogen-bond acceptors (Lipinski definition) is 3. The molecule has 0 heterocycles. The summed E-state index contributed by atoms with van der Waals surface area (Å²) in [6.07, 6.45) is 0.851. The number of nitrogens with one attached hydrogen (secondary N) is 1. The molecule has 0 unspecified atom stereocenters. The fourth-order valence-electron chi connectivity index (χ4n) is 1.47. The van der Waals surface area contributed by atoms with Gasteiger partial charge in [0, 0.05) is 11.1 Å². The van der Waals surface area contributed by atoms with Crippen LogP contribution in [0.25, 0.3) is 0 Å². The monoisotopic (exact) mass is 329 g/mol. The molecular formula is C14H20BrNO3. The number of methoxy groups -OCH3 is 2. The Morgan fingerprint density at radius 1 is 1.26 bits per heavy atom. The van der Waals surface area contributed by atoms with Crippen molar-refractivity contribution in [1.29, 1.82) is 0 Å². The van der Waals surface area contributed by atoms with E-state index in [-0.39, 0.29) is 11.4 Å². The molecule has 0 bridgehead atoms. The van der Waals surface area contributed by atoms with Crippen LogP contribution in [0.3, 0.4) is 0 Å². The van der Waals surface area contributed by atoms with E-state index in [0.717, 1.165) is 6.42 Å². The molecule has 0 aliphatic rings. The number of carbonyl (C=O) groups is 1. The Morgan fingerprint density at radius 2 is 1.74 bits per heavy atom. The SMILES string of the molecule is CCC(C)(C)NC(=O)c1cc(OC)c(Br)c(OC)c1. The molecule has 1 N–H and O–H groups in total. The summed E-state index contributed by atoms with van der Waals surface area (Å²) < 4.78 is 11.2. The summed E-state index contributed by atoms with van der Waals surface area (Å²) in [7, 11) is 3.11. The summed E-state index contributed by atoms with van der Waals surface area (Å²) in [5.41, 5.74) is 0.267. The lowest BCUT2D eigenvalue weighted by Crippen LogP contribution is -2.42. The number of amides is 1. The zero-order chi connectivity index (χ0) is 14.6. The highest BCUT2D eigenvalue weighted by atomic mass is 79.9. The van der Waals surface area contributed by atoms with Crippen molar-refractivity contribution in [1.82, 2.24) is 5.32 Å². The van der Waals surface area contributed by atoms with Crippen LogP contribution in [-0.4, -0.2) is 25.7 Å². The van der Waals surface area contributed by atoms with Gasteiger partial charge in [-0.2, -0.15) is 0 Å². The van der Waals surface area contributed by atoms with Gasteiger partial charge in [0.05, 0.1) is 14.2 Å². The fourth-order valence-corrected chi connectivity index (χ4v) is 2.02. The normalized spacial score (nSPS) is 11.1. The van der Waals surface area contributed by atoms with E-state index in [0.29, 0.717) is 21.5 Å². The van der Waals surface area contributed by atoms with Crippen LogP contribution in [-0.2, 0) is 0 Å². The zero-order valence-corrected chi connectivity index (χ0v) is 13.6. The molecule has 0 aliphatic heterocycles. The largest absolute Gasteiger partial charge is 0.495 e. The average molecular weight is 330 g/mol. The van der Waals surface area contributed by atoms with Crippen molar-refractivity contribution in [2.75, 3.05) is 14.2 Å². The fraction of sp³-hybridized carbons (Fsp3) is 0.500. The molecule has 19 heavy (non-hydrogen) atoms. The number of hydrogen-bond donors (Lipinski definition) is 1. The lowest BCUT2D eigenvalue weighted by Gasteiger charge is -2.24. The predicted molar refractivity (Wildman–Crippen MR) is 79.1 cm³/mol. The van der Waals surface area contributed by atoms with E-state index >= 15 is 0 Å². The lowest BCUT2D eigenvalue weighted by atomic mass is 10.0. The van der Waals surface area contributed by atoms with Crippen LogP contribution in [0.5, 0.6) is 11.5 Å². The quantitative estimate of drug-likeness (QED) is 0.900. The molecule has 0 saturated carbocycles. The highest BCUT2D eigenvalue weighted by Gasteiger charge is 2.21. The average Bonchev–Trinajstić information content (AvgIpc) is 2.38. The van der Waals surface area contributed by atoms with Gasteiger partial charge < -0.3 is 14.8 Å². The molecule has 0 fully saturated rings. The molecule has 0 aliphatic carbocycles. The Labute approximate surface area is 122 Å². The molecule has 0 spiro atoms. The molecule has 5 heteroatoms. The van der Waals surface area contributed by atoms with Gasteiger partial charge in [-0.3, -0.25) is 4.79 Å². The number of rotatable bonds is 5. The minimum atomic E-state index is -0.245. The smallest absolute Gasteiger partial charge is 0.251 e. The third-order valence-electron chi connectivity index (χ3n) is 3.04. The molecule has 0 atom stereocenters. The van der Waals surface area contributed by atoms with Gasteiger partial charge in [-0.1, -0.05) is 6.92 Å². The Kier molecular flexibility index (Phi) is 5.23. The van der Waals surface area contributed by atoms with Crippen LogP contribution in [0.2, 0.25) is 0 Å². The first kappa shape index (κ1) is 15.8. The highest BCUT2D eigenvalue weighted by molar-refractivity contribution is 9.10. The van der Waals surface area contributed by atoms with E-state index in [2.05, 4.69) is 21.2 Å². The van der Waals surface area contributed by atoms with Crippen molar-refractivity contribution < 1.29 is 14.3 Å². The first-order chi connectivity index (χ1) is 8.84. The zero-order valence-electron chi connectivity index (χ0n) is 12.0. The second kappa shape index (κ2) is 6.28. The minimum absolute atomic E-state index is 0.143. The summed E-state index contributed by atoms with van der Waals surface area (Å²) in [6, 6.07) is 3.38. The second-order valence-electron chi connectivity index (χ2n) is 4.89. The lowest BCUT2D eigenvalue weighted by molar-refractivity contribution is 0.0910. The maximum atomic E-state index is 12.2. The molecule has 4 nitrogen and oxygen atoms in total. The Bertz CT molecular complexity index is 447. The van der Waals surface area contributed by atoms with Gasteiger partial charge in [-0.05, 0) is 48.3 Å². The summed E-state index contributed by atoms with van der Waals surface area (Å²) in [5, 5.41) is 2.98. The molecular weight excluding hydrogens is 310 g/mol. The topological polar surface area (TPSA) is 47.6 Å². The van der Waals surface area contributed by atoms with E-state index in [1.165, 1.54) is 0 Å². The van der Waals surface area contributed by atoms with Crippen molar-refractivity contribution in [3.8, 4) is 11.5 Å². The number of ether oxygens (including phenoxy) is 2. The van der Waals surface area contributed by atoms with E-state index in [1.807, 2.05) is 20.8 Å². The van der Waals surface area contributed by atoms with E-state index in [4.69, 9.17) is 9.47 Å². The summed E-state index contributed by atoms with van der Waals surface area (Å²) in [4.78, 5) is 12.2. The highest BCUT2D eigenvalue weighted by Crippen LogP contribution is 2.35. The van der Waals surface area contributed by atoms with E-state index in [1.54, 1.807) is 26.4 Å². The summed E-state index contributed by atoms with van der Waals surface area (Å²) in [6.45, 7) is 6.00. The Balaban J connectivity index is 3.10. The van der Waals surface area contributed by atoms with Crippen LogP contribution >= 0.6 is 15.9 Å². The van der Waals surface area contributed by atoms with Crippen molar-refractivity contribution >= 4 is 21.8 Å². The molecule has 1 aromatic carbocycles. The van der Waals surface area contributed by atoms with Crippen LogP contribution in [0.1, 0.15) is 37.6 Å². The van der Waals surface area contributed by atoms with Crippen LogP contribution < -0.4 is 14.8 Å². The van der Waals surface area contributed by atoms with Crippen molar-refractivity contribution in [3.63, 3.8) is 0 Å². The van der Waals surface area contributed by atoms with Crippen LogP contribution in [0, 0.1) is 0 Å². The molecule has 1 rings (SSSR count). The number of carbonyl (C=O) groups excluding carboxylic acids is 1. The first-order valence-corrected chi connectivity index (χ1v) is 6.88. The second-order valence-corrected chi connectivity index (χ2v) is 5.68. The van der Waals surface area contributed by atoms with Gasteiger partial charge >= 0.3 is 0 Å². The van der Waals surface area contributed by atoms with E-state index in [9.17, 15) is 4.79 Å². The van der Waals surface area contributed by atoms with E-state index < -0.39 is 0 Å². The molecule has 1 amide bonds. The predicted octanol–water partition coefficient (Wildman–Crippen LogP) is 3.38. The molecule has 1 aromatic rings. The standard InChI is InChI=1S/C14H20BrNO3/c1-6-14(2,3)16-13(17)9-7-10(18-4)12(15)11(8-9)19-5/h7-8H,6H2,1-5H3,(H,16,17). The summed E-state index contributed by atoms with van der Waals surface area (Å²) in [5.74, 6) is 0.994. The molecule has 106 valence electrons. The van der Waals surface area contributed by atoms with Crippen LogP contribution in [0.4, 0.5) is 0 Å². The van der Waals surface area contributed by atoms with Gasteiger partial charge in [0.1, 0.15) is 16.0 Å². The third kappa shape index (κ3) is 3.86. The van der Waals surface area contributed by atoms with Crippen LogP contribution in [0.15, 0.2) is 16.6 Å². The number of halogens is 1.